The molecule has 0 saturated heterocycles. The van der Waals surface area contributed by atoms with Crippen LogP contribution in [0.2, 0.25) is 0 Å². The average molecular weight is 356 g/mol. The first-order chi connectivity index (χ1) is 12.0. The fraction of sp³-hybridized carbons (Fsp3) is 0.333. The summed E-state index contributed by atoms with van der Waals surface area (Å²) in [5.41, 5.74) is 4.77. The zero-order valence-electron chi connectivity index (χ0n) is 14.1. The number of hydrogen-bond donors (Lipinski definition) is 0. The van der Waals surface area contributed by atoms with Gasteiger partial charge in [-0.15, -0.1) is 0 Å². The maximum Gasteiger partial charge on any atom is 0.214 e. The Morgan fingerprint density at radius 3 is 2.80 bits per heavy atom. The van der Waals surface area contributed by atoms with E-state index >= 15 is 0 Å². The highest BCUT2D eigenvalue weighted by Crippen LogP contribution is 2.22. The standard InChI is InChI=1S/C18H20N4O2S/c1-14-11-18-19-12-16-13-21(9-7-17(16)22(18)20-14)25(23,24)10-8-15-5-3-2-4-6-15/h2-6,11-12H,7-10,13H2,1H3. The van der Waals surface area contributed by atoms with Gasteiger partial charge in [-0.05, 0) is 18.9 Å². The first kappa shape index (κ1) is 16.2. The highest BCUT2D eigenvalue weighted by Gasteiger charge is 2.28. The van der Waals surface area contributed by atoms with Crippen molar-refractivity contribution in [3.05, 3.63) is 65.1 Å². The fourth-order valence-corrected chi connectivity index (χ4v) is 4.74. The summed E-state index contributed by atoms with van der Waals surface area (Å²) in [6.45, 7) is 2.79. The van der Waals surface area contributed by atoms with E-state index in [-0.39, 0.29) is 5.75 Å². The Labute approximate surface area is 147 Å². The van der Waals surface area contributed by atoms with Crippen LogP contribution >= 0.6 is 0 Å². The van der Waals surface area contributed by atoms with Crippen LogP contribution in [0.5, 0.6) is 0 Å². The third-order valence-electron chi connectivity index (χ3n) is 4.62. The van der Waals surface area contributed by atoms with Gasteiger partial charge in [-0.25, -0.2) is 17.9 Å². The van der Waals surface area contributed by atoms with Crippen LogP contribution in [0.4, 0.5) is 0 Å². The van der Waals surface area contributed by atoms with Crippen LogP contribution in [-0.2, 0) is 29.4 Å². The van der Waals surface area contributed by atoms with Gasteiger partial charge in [-0.3, -0.25) is 0 Å². The minimum absolute atomic E-state index is 0.128. The summed E-state index contributed by atoms with van der Waals surface area (Å²) < 4.78 is 28.9. The SMILES string of the molecule is Cc1cc2ncc3c(n2n1)CCN(S(=O)(=O)CCc1ccccc1)C3. The van der Waals surface area contributed by atoms with E-state index in [4.69, 9.17) is 0 Å². The lowest BCUT2D eigenvalue weighted by Gasteiger charge is -2.28. The molecule has 130 valence electrons. The Kier molecular flexibility index (Phi) is 4.05. The highest BCUT2D eigenvalue weighted by atomic mass is 32.2. The van der Waals surface area contributed by atoms with Gasteiger partial charge in [-0.2, -0.15) is 9.40 Å². The molecule has 3 aromatic rings. The molecule has 1 aromatic carbocycles. The first-order valence-corrected chi connectivity index (χ1v) is 9.99. The van der Waals surface area contributed by atoms with Gasteiger partial charge >= 0.3 is 0 Å². The normalized spacial score (nSPS) is 15.4. The van der Waals surface area contributed by atoms with E-state index < -0.39 is 10.0 Å². The van der Waals surface area contributed by atoms with Crippen molar-refractivity contribution in [1.82, 2.24) is 18.9 Å². The Bertz CT molecular complexity index is 1010. The quantitative estimate of drug-likeness (QED) is 0.717. The van der Waals surface area contributed by atoms with Crippen LogP contribution in [0.25, 0.3) is 5.65 Å². The Morgan fingerprint density at radius 1 is 1.20 bits per heavy atom. The van der Waals surface area contributed by atoms with Gasteiger partial charge in [0.15, 0.2) is 5.65 Å². The van der Waals surface area contributed by atoms with E-state index in [1.54, 1.807) is 10.5 Å². The van der Waals surface area contributed by atoms with Gasteiger partial charge in [0, 0.05) is 37.3 Å². The van der Waals surface area contributed by atoms with Gasteiger partial charge in [0.1, 0.15) is 0 Å². The van der Waals surface area contributed by atoms with E-state index in [0.717, 1.165) is 28.2 Å². The Balaban J connectivity index is 1.54. The molecule has 7 heteroatoms. The fourth-order valence-electron chi connectivity index (χ4n) is 3.29. The van der Waals surface area contributed by atoms with Gasteiger partial charge in [0.05, 0.1) is 17.1 Å². The van der Waals surface area contributed by atoms with Crippen molar-refractivity contribution in [2.45, 2.75) is 26.3 Å². The molecule has 6 nitrogen and oxygen atoms in total. The lowest BCUT2D eigenvalue weighted by molar-refractivity contribution is 0.384. The van der Waals surface area contributed by atoms with Crippen molar-refractivity contribution < 1.29 is 8.42 Å². The highest BCUT2D eigenvalue weighted by molar-refractivity contribution is 7.89. The van der Waals surface area contributed by atoms with Crippen molar-refractivity contribution >= 4 is 15.7 Å². The number of aryl methyl sites for hydroxylation is 2. The number of sulfonamides is 1. The molecule has 0 aliphatic carbocycles. The lowest BCUT2D eigenvalue weighted by Crippen LogP contribution is -2.38. The zero-order valence-corrected chi connectivity index (χ0v) is 14.9. The van der Waals surface area contributed by atoms with E-state index in [1.165, 1.54) is 0 Å². The number of benzene rings is 1. The summed E-state index contributed by atoms with van der Waals surface area (Å²) in [6, 6.07) is 11.7. The molecule has 0 saturated carbocycles. The second kappa shape index (κ2) is 6.24. The summed E-state index contributed by atoms with van der Waals surface area (Å²) in [5.74, 6) is 0.128. The van der Waals surface area contributed by atoms with Crippen LogP contribution in [-0.4, -0.2) is 39.6 Å². The number of nitrogens with zero attached hydrogens (tertiary/aromatic N) is 4. The van der Waals surface area contributed by atoms with Crippen LogP contribution in [0.3, 0.4) is 0 Å². The number of rotatable bonds is 4. The molecule has 4 rings (SSSR count). The predicted molar refractivity (Wildman–Crippen MR) is 95.8 cm³/mol. The second-order valence-electron chi connectivity index (χ2n) is 6.42. The molecular formula is C18H20N4O2S. The van der Waals surface area contributed by atoms with E-state index in [9.17, 15) is 8.42 Å². The van der Waals surface area contributed by atoms with Gasteiger partial charge in [0.2, 0.25) is 10.0 Å². The average Bonchev–Trinajstić information content (AvgIpc) is 3.01. The summed E-state index contributed by atoms with van der Waals surface area (Å²) >= 11 is 0. The number of fused-ring (bicyclic) bond motifs is 3. The van der Waals surface area contributed by atoms with Crippen molar-refractivity contribution in [1.29, 1.82) is 0 Å². The summed E-state index contributed by atoms with van der Waals surface area (Å²) in [4.78, 5) is 4.40. The van der Waals surface area contributed by atoms with Crippen molar-refractivity contribution in [3.8, 4) is 0 Å². The third-order valence-corrected chi connectivity index (χ3v) is 6.44. The van der Waals surface area contributed by atoms with Gasteiger partial charge in [0.25, 0.3) is 0 Å². The molecule has 0 spiro atoms. The van der Waals surface area contributed by atoms with Crippen molar-refractivity contribution in [2.24, 2.45) is 0 Å². The van der Waals surface area contributed by atoms with E-state index in [2.05, 4.69) is 10.1 Å². The third kappa shape index (κ3) is 3.17. The maximum absolute atomic E-state index is 12.7. The molecule has 1 aliphatic rings. The minimum atomic E-state index is -3.30. The minimum Gasteiger partial charge on any atom is -0.237 e. The topological polar surface area (TPSA) is 67.6 Å². The first-order valence-electron chi connectivity index (χ1n) is 8.38. The molecule has 0 radical (unpaired) electrons. The molecule has 1 aliphatic heterocycles. The van der Waals surface area contributed by atoms with E-state index in [0.29, 0.717) is 25.9 Å². The Morgan fingerprint density at radius 2 is 2.00 bits per heavy atom. The van der Waals surface area contributed by atoms with E-state index in [1.807, 2.05) is 47.8 Å². The maximum atomic E-state index is 12.7. The molecule has 25 heavy (non-hydrogen) atoms. The summed E-state index contributed by atoms with van der Waals surface area (Å²) in [7, 11) is -3.30. The molecule has 0 atom stereocenters. The van der Waals surface area contributed by atoms with Crippen LogP contribution in [0.1, 0.15) is 22.5 Å². The lowest BCUT2D eigenvalue weighted by atomic mass is 10.1. The molecule has 2 aromatic heterocycles. The molecule has 0 bridgehead atoms. The number of aromatic nitrogens is 3. The van der Waals surface area contributed by atoms with Crippen LogP contribution < -0.4 is 0 Å². The Hall–Kier alpha value is -2.25. The van der Waals surface area contributed by atoms with Crippen LogP contribution in [0, 0.1) is 6.92 Å². The van der Waals surface area contributed by atoms with Gasteiger partial charge < -0.3 is 0 Å². The second-order valence-corrected chi connectivity index (χ2v) is 8.51. The molecule has 3 heterocycles. The molecule has 0 fully saturated rings. The smallest absolute Gasteiger partial charge is 0.214 e. The predicted octanol–water partition coefficient (Wildman–Crippen LogP) is 1.97. The number of hydrogen-bond acceptors (Lipinski definition) is 4. The molecule has 0 N–H and O–H groups in total. The zero-order chi connectivity index (χ0) is 17.4. The molecule has 0 amide bonds. The monoisotopic (exact) mass is 356 g/mol. The summed E-state index contributed by atoms with van der Waals surface area (Å²) in [5, 5.41) is 4.48. The molecule has 0 unspecified atom stereocenters. The molecular weight excluding hydrogens is 336 g/mol. The van der Waals surface area contributed by atoms with Crippen molar-refractivity contribution in [2.75, 3.05) is 12.3 Å². The summed E-state index contributed by atoms with van der Waals surface area (Å²) in [6.07, 6.45) is 2.97. The van der Waals surface area contributed by atoms with Gasteiger partial charge in [-0.1, -0.05) is 30.3 Å². The van der Waals surface area contributed by atoms with Crippen molar-refractivity contribution in [3.63, 3.8) is 0 Å². The largest absolute Gasteiger partial charge is 0.237 e. The van der Waals surface area contributed by atoms with Crippen LogP contribution in [0.15, 0.2) is 42.6 Å².